The van der Waals surface area contributed by atoms with Crippen molar-refractivity contribution in [1.29, 1.82) is 0 Å². The lowest BCUT2D eigenvalue weighted by Crippen LogP contribution is -2.22. The molecule has 2 aromatic carbocycles. The van der Waals surface area contributed by atoms with E-state index in [2.05, 4.69) is 5.32 Å². The number of anilines is 1. The summed E-state index contributed by atoms with van der Waals surface area (Å²) in [4.78, 5) is 24.0. The fraction of sp³-hybridized carbons (Fsp3) is 0.125. The molecule has 0 spiro atoms. The van der Waals surface area contributed by atoms with Crippen molar-refractivity contribution in [2.45, 2.75) is 4.90 Å². The van der Waals surface area contributed by atoms with E-state index in [9.17, 15) is 18.2 Å². The van der Waals surface area contributed by atoms with Gasteiger partial charge in [-0.3, -0.25) is 9.00 Å². The van der Waals surface area contributed by atoms with E-state index in [1.807, 2.05) is 0 Å². The molecule has 0 aliphatic heterocycles. The molecular weight excluding hydrogens is 321 g/mol. The average molecular weight is 335 g/mol. The SMILES string of the molecule is C[S@@](=O)c1ccccc1C(=O)OCC(=O)Nc1ccccc1F. The van der Waals surface area contributed by atoms with Crippen molar-refractivity contribution in [3.05, 3.63) is 59.9 Å². The van der Waals surface area contributed by atoms with Crippen molar-refractivity contribution in [2.24, 2.45) is 0 Å². The van der Waals surface area contributed by atoms with Gasteiger partial charge in [0.2, 0.25) is 0 Å². The summed E-state index contributed by atoms with van der Waals surface area (Å²) in [5.74, 6) is -2.02. The molecule has 0 unspecified atom stereocenters. The lowest BCUT2D eigenvalue weighted by molar-refractivity contribution is -0.119. The number of amides is 1. The monoisotopic (exact) mass is 335 g/mol. The molecule has 23 heavy (non-hydrogen) atoms. The van der Waals surface area contributed by atoms with Gasteiger partial charge in [0.05, 0.1) is 26.9 Å². The molecule has 0 bridgehead atoms. The van der Waals surface area contributed by atoms with Gasteiger partial charge in [0.25, 0.3) is 5.91 Å². The summed E-state index contributed by atoms with van der Waals surface area (Å²) in [7, 11) is -1.36. The minimum atomic E-state index is -1.36. The maximum atomic E-state index is 13.4. The number of rotatable bonds is 5. The molecule has 1 N–H and O–H groups in total. The van der Waals surface area contributed by atoms with Crippen molar-refractivity contribution >= 4 is 28.4 Å². The minimum absolute atomic E-state index is 0.00334. The van der Waals surface area contributed by atoms with Gasteiger partial charge in [0.15, 0.2) is 6.61 Å². The number of benzene rings is 2. The molecular formula is C16H14FNO4S. The Kier molecular flexibility index (Phi) is 5.59. The van der Waals surface area contributed by atoms with E-state index in [4.69, 9.17) is 4.74 Å². The first-order valence-corrected chi connectivity index (χ1v) is 8.19. The van der Waals surface area contributed by atoms with Gasteiger partial charge in [0.1, 0.15) is 5.82 Å². The third-order valence-electron chi connectivity index (χ3n) is 2.90. The maximum absolute atomic E-state index is 13.4. The van der Waals surface area contributed by atoms with Gasteiger partial charge in [-0.1, -0.05) is 24.3 Å². The average Bonchev–Trinajstić information content (AvgIpc) is 2.54. The maximum Gasteiger partial charge on any atom is 0.339 e. The van der Waals surface area contributed by atoms with Crippen LogP contribution in [0.3, 0.4) is 0 Å². The number of carbonyl (C=O) groups is 2. The zero-order valence-electron chi connectivity index (χ0n) is 12.2. The Morgan fingerprint density at radius 1 is 1.13 bits per heavy atom. The fourth-order valence-corrected chi connectivity index (χ4v) is 2.57. The lowest BCUT2D eigenvalue weighted by atomic mass is 10.2. The second kappa shape index (κ2) is 7.64. The highest BCUT2D eigenvalue weighted by atomic mass is 32.2. The molecule has 1 atom stereocenters. The molecule has 0 heterocycles. The lowest BCUT2D eigenvalue weighted by Gasteiger charge is -2.09. The van der Waals surface area contributed by atoms with Crippen molar-refractivity contribution in [1.82, 2.24) is 0 Å². The van der Waals surface area contributed by atoms with Crippen LogP contribution in [-0.2, 0) is 20.3 Å². The highest BCUT2D eigenvalue weighted by molar-refractivity contribution is 7.84. The van der Waals surface area contributed by atoms with Crippen LogP contribution >= 0.6 is 0 Å². The van der Waals surface area contributed by atoms with Crippen molar-refractivity contribution in [2.75, 3.05) is 18.2 Å². The Balaban J connectivity index is 1.98. The van der Waals surface area contributed by atoms with Gasteiger partial charge in [0, 0.05) is 6.26 Å². The van der Waals surface area contributed by atoms with Gasteiger partial charge in [-0.05, 0) is 24.3 Å². The van der Waals surface area contributed by atoms with Crippen LogP contribution in [0.15, 0.2) is 53.4 Å². The third-order valence-corrected chi connectivity index (χ3v) is 3.87. The number of halogens is 1. The Bertz CT molecular complexity index is 763. The van der Waals surface area contributed by atoms with E-state index in [1.54, 1.807) is 24.3 Å². The zero-order chi connectivity index (χ0) is 16.8. The number of nitrogens with one attached hydrogen (secondary N) is 1. The Hall–Kier alpha value is -2.54. The first kappa shape index (κ1) is 16.8. The zero-order valence-corrected chi connectivity index (χ0v) is 13.1. The number of esters is 1. The van der Waals surface area contributed by atoms with Gasteiger partial charge < -0.3 is 10.1 Å². The van der Waals surface area contributed by atoms with Crippen LogP contribution in [0.2, 0.25) is 0 Å². The number of ether oxygens (including phenoxy) is 1. The summed E-state index contributed by atoms with van der Waals surface area (Å²) in [6, 6.07) is 11.9. The molecule has 2 aromatic rings. The van der Waals surface area contributed by atoms with Crippen LogP contribution in [-0.4, -0.2) is 28.9 Å². The first-order valence-electron chi connectivity index (χ1n) is 6.63. The molecule has 0 aromatic heterocycles. The Morgan fingerprint density at radius 3 is 2.48 bits per heavy atom. The highest BCUT2D eigenvalue weighted by Gasteiger charge is 2.16. The smallest absolute Gasteiger partial charge is 0.339 e. The third kappa shape index (κ3) is 4.46. The minimum Gasteiger partial charge on any atom is -0.452 e. The standard InChI is InChI=1S/C16H14FNO4S/c1-23(21)14-9-5-2-6-11(14)16(20)22-10-15(19)18-13-8-4-3-7-12(13)17/h2-9H,10H2,1H3,(H,18,19)/t23-/m1/s1. The van der Waals surface area contributed by atoms with Crippen LogP contribution in [0.1, 0.15) is 10.4 Å². The highest BCUT2D eigenvalue weighted by Crippen LogP contribution is 2.14. The van der Waals surface area contributed by atoms with Crippen LogP contribution in [0, 0.1) is 5.82 Å². The van der Waals surface area contributed by atoms with Crippen LogP contribution in [0.25, 0.3) is 0 Å². The van der Waals surface area contributed by atoms with Crippen LogP contribution < -0.4 is 5.32 Å². The van der Waals surface area contributed by atoms with Gasteiger partial charge in [-0.2, -0.15) is 0 Å². The van der Waals surface area contributed by atoms with Crippen LogP contribution in [0.5, 0.6) is 0 Å². The molecule has 0 fully saturated rings. The molecule has 0 radical (unpaired) electrons. The second-order valence-electron chi connectivity index (χ2n) is 4.55. The van der Waals surface area contributed by atoms with Gasteiger partial charge in [-0.15, -0.1) is 0 Å². The van der Waals surface area contributed by atoms with Gasteiger partial charge >= 0.3 is 5.97 Å². The van der Waals surface area contributed by atoms with Gasteiger partial charge in [-0.25, -0.2) is 9.18 Å². The van der Waals surface area contributed by atoms with Crippen LogP contribution in [0.4, 0.5) is 10.1 Å². The number of para-hydroxylation sites is 1. The van der Waals surface area contributed by atoms with E-state index in [-0.39, 0.29) is 11.3 Å². The van der Waals surface area contributed by atoms with E-state index in [1.165, 1.54) is 30.5 Å². The van der Waals surface area contributed by atoms with Crippen molar-refractivity contribution in [3.63, 3.8) is 0 Å². The molecule has 7 heteroatoms. The van der Waals surface area contributed by atoms with E-state index < -0.39 is 35.1 Å². The summed E-state index contributed by atoms with van der Waals surface area (Å²) < 4.78 is 29.9. The molecule has 2 rings (SSSR count). The topological polar surface area (TPSA) is 72.5 Å². The Labute approximate surface area is 134 Å². The van der Waals surface area contributed by atoms with E-state index in [0.717, 1.165) is 0 Å². The van der Waals surface area contributed by atoms with Crippen molar-refractivity contribution < 1.29 is 22.9 Å². The normalized spacial score (nSPS) is 11.6. The fourth-order valence-electron chi connectivity index (χ4n) is 1.84. The first-order chi connectivity index (χ1) is 11.0. The Morgan fingerprint density at radius 2 is 1.78 bits per heavy atom. The summed E-state index contributed by atoms with van der Waals surface area (Å²) in [5, 5.41) is 2.30. The molecule has 5 nitrogen and oxygen atoms in total. The van der Waals surface area contributed by atoms with E-state index in [0.29, 0.717) is 4.90 Å². The summed E-state index contributed by atoms with van der Waals surface area (Å²) >= 11 is 0. The second-order valence-corrected chi connectivity index (χ2v) is 5.90. The largest absolute Gasteiger partial charge is 0.452 e. The predicted molar refractivity (Wildman–Crippen MR) is 84.1 cm³/mol. The summed E-state index contributed by atoms with van der Waals surface area (Å²) in [5.41, 5.74) is 0.135. The number of carbonyl (C=O) groups excluding carboxylic acids is 2. The van der Waals surface area contributed by atoms with E-state index >= 15 is 0 Å². The summed E-state index contributed by atoms with van der Waals surface area (Å²) in [6.45, 7) is -0.572. The molecule has 0 saturated carbocycles. The predicted octanol–water partition coefficient (Wildman–Crippen LogP) is 2.36. The molecule has 120 valence electrons. The molecule has 0 aliphatic rings. The molecule has 0 saturated heterocycles. The molecule has 1 amide bonds. The number of hydrogen-bond donors (Lipinski definition) is 1. The summed E-state index contributed by atoms with van der Waals surface area (Å²) in [6.07, 6.45) is 1.44. The van der Waals surface area contributed by atoms with Crippen molar-refractivity contribution in [3.8, 4) is 0 Å². The quantitative estimate of drug-likeness (QED) is 0.852. The number of hydrogen-bond acceptors (Lipinski definition) is 4. The molecule has 0 aliphatic carbocycles.